The molecule has 1 aromatic rings. The van der Waals surface area contributed by atoms with Gasteiger partial charge in [-0.1, -0.05) is 6.07 Å². The highest BCUT2D eigenvalue weighted by molar-refractivity contribution is 7.98. The van der Waals surface area contributed by atoms with Crippen LogP contribution in [0.2, 0.25) is 0 Å². The Morgan fingerprint density at radius 1 is 1.33 bits per heavy atom. The minimum absolute atomic E-state index is 0.117. The van der Waals surface area contributed by atoms with Gasteiger partial charge in [0.2, 0.25) is 0 Å². The number of alkyl halides is 4. The van der Waals surface area contributed by atoms with Gasteiger partial charge in [0.05, 0.1) is 5.56 Å². The van der Waals surface area contributed by atoms with Gasteiger partial charge in [0.15, 0.2) is 0 Å². The van der Waals surface area contributed by atoms with Gasteiger partial charge in [-0.3, -0.25) is 0 Å². The van der Waals surface area contributed by atoms with Crippen LogP contribution in [0, 0.1) is 0 Å². The summed E-state index contributed by atoms with van der Waals surface area (Å²) >= 11 is 7.19. The summed E-state index contributed by atoms with van der Waals surface area (Å²) in [6.45, 7) is 0.707. The Balaban J connectivity index is 3.03. The second-order valence-electron chi connectivity index (χ2n) is 3.89. The molecule has 0 amide bonds. The van der Waals surface area contributed by atoms with Crippen LogP contribution in [0.4, 0.5) is 18.9 Å². The van der Waals surface area contributed by atoms with Crippen LogP contribution in [0.1, 0.15) is 11.1 Å². The van der Waals surface area contributed by atoms with E-state index in [1.807, 2.05) is 11.2 Å². The van der Waals surface area contributed by atoms with Crippen molar-refractivity contribution in [3.05, 3.63) is 29.3 Å². The molecule has 0 aliphatic heterocycles. The summed E-state index contributed by atoms with van der Waals surface area (Å²) in [5, 5.41) is 0. The number of anilines is 1. The molecular weight excluding hydrogens is 283 g/mol. The van der Waals surface area contributed by atoms with Crippen LogP contribution in [0.3, 0.4) is 0 Å². The minimum Gasteiger partial charge on any atom is -0.374 e. The number of hydrogen-bond donors (Lipinski definition) is 0. The zero-order valence-corrected chi connectivity index (χ0v) is 11.8. The van der Waals surface area contributed by atoms with Crippen LogP contribution in [0.5, 0.6) is 0 Å². The average Bonchev–Trinajstić information content (AvgIpc) is 2.34. The van der Waals surface area contributed by atoms with E-state index in [9.17, 15) is 13.2 Å². The standard InChI is InChI=1S/C12H15ClF3NS/c1-17(5-6-18-2)10-4-3-9(8-13)11(7-10)12(14,15)16/h3-4,7H,5-6,8H2,1-2H3. The molecule has 0 atom stereocenters. The van der Waals surface area contributed by atoms with Gasteiger partial charge in [0.25, 0.3) is 0 Å². The molecule has 0 bridgehead atoms. The van der Waals surface area contributed by atoms with Gasteiger partial charge in [-0.05, 0) is 24.0 Å². The van der Waals surface area contributed by atoms with E-state index >= 15 is 0 Å². The molecule has 1 aromatic carbocycles. The van der Waals surface area contributed by atoms with E-state index in [2.05, 4.69) is 0 Å². The molecule has 0 saturated carbocycles. The third kappa shape index (κ3) is 3.99. The molecule has 0 unspecified atom stereocenters. The highest BCUT2D eigenvalue weighted by Gasteiger charge is 2.33. The van der Waals surface area contributed by atoms with Crippen molar-refractivity contribution in [2.45, 2.75) is 12.1 Å². The van der Waals surface area contributed by atoms with Crippen LogP contribution in [-0.4, -0.2) is 25.6 Å². The molecule has 102 valence electrons. The molecule has 0 radical (unpaired) electrons. The minimum atomic E-state index is -4.36. The van der Waals surface area contributed by atoms with E-state index < -0.39 is 11.7 Å². The van der Waals surface area contributed by atoms with E-state index in [1.165, 1.54) is 6.07 Å². The normalized spacial score (nSPS) is 11.7. The molecule has 1 rings (SSSR count). The van der Waals surface area contributed by atoms with E-state index in [1.54, 1.807) is 24.9 Å². The van der Waals surface area contributed by atoms with Crippen LogP contribution >= 0.6 is 23.4 Å². The van der Waals surface area contributed by atoms with Crippen molar-refractivity contribution in [1.82, 2.24) is 0 Å². The fourth-order valence-corrected chi connectivity index (χ4v) is 2.23. The summed E-state index contributed by atoms with van der Waals surface area (Å²) in [4.78, 5) is 1.81. The van der Waals surface area contributed by atoms with E-state index in [0.717, 1.165) is 11.8 Å². The Morgan fingerprint density at radius 2 is 2.00 bits per heavy atom. The molecule has 0 N–H and O–H groups in total. The second-order valence-corrected chi connectivity index (χ2v) is 5.14. The maximum Gasteiger partial charge on any atom is 0.416 e. The first-order valence-electron chi connectivity index (χ1n) is 5.36. The van der Waals surface area contributed by atoms with Crippen LogP contribution in [-0.2, 0) is 12.1 Å². The van der Waals surface area contributed by atoms with Crippen molar-refractivity contribution in [2.24, 2.45) is 0 Å². The number of halogens is 4. The summed E-state index contributed by atoms with van der Waals surface area (Å²) in [6, 6.07) is 4.28. The van der Waals surface area contributed by atoms with Gasteiger partial charge in [0, 0.05) is 30.9 Å². The molecule has 0 aromatic heterocycles. The maximum atomic E-state index is 12.8. The number of rotatable bonds is 5. The summed E-state index contributed by atoms with van der Waals surface area (Å²) < 4.78 is 38.5. The van der Waals surface area contributed by atoms with Crippen LogP contribution in [0.15, 0.2) is 18.2 Å². The summed E-state index contributed by atoms with van der Waals surface area (Å²) in [5.74, 6) is 0.735. The number of thioether (sulfide) groups is 1. The van der Waals surface area contributed by atoms with Gasteiger partial charge in [-0.15, -0.1) is 11.6 Å². The predicted molar refractivity (Wildman–Crippen MR) is 72.7 cm³/mol. The molecule has 0 saturated heterocycles. The van der Waals surface area contributed by atoms with Gasteiger partial charge in [0.1, 0.15) is 0 Å². The monoisotopic (exact) mass is 297 g/mol. The number of benzene rings is 1. The van der Waals surface area contributed by atoms with Gasteiger partial charge in [-0.25, -0.2) is 0 Å². The molecular formula is C12H15ClF3NS. The Labute approximate surface area is 114 Å². The van der Waals surface area contributed by atoms with Gasteiger partial charge < -0.3 is 4.90 Å². The Hall–Kier alpha value is -0.550. The molecule has 6 heteroatoms. The van der Waals surface area contributed by atoms with Crippen molar-refractivity contribution in [3.8, 4) is 0 Å². The molecule has 0 fully saturated rings. The van der Waals surface area contributed by atoms with E-state index in [-0.39, 0.29) is 11.4 Å². The van der Waals surface area contributed by atoms with Crippen molar-refractivity contribution in [1.29, 1.82) is 0 Å². The van der Waals surface area contributed by atoms with Gasteiger partial charge >= 0.3 is 6.18 Å². The third-order valence-corrected chi connectivity index (χ3v) is 3.49. The molecule has 0 spiro atoms. The molecule has 1 nitrogen and oxygen atoms in total. The fraction of sp³-hybridized carbons (Fsp3) is 0.500. The van der Waals surface area contributed by atoms with Crippen LogP contribution in [0.25, 0.3) is 0 Å². The Bertz CT molecular complexity index is 395. The molecule has 0 aliphatic rings. The summed E-state index contributed by atoms with van der Waals surface area (Å²) in [6.07, 6.45) is -2.40. The largest absolute Gasteiger partial charge is 0.416 e. The second kappa shape index (κ2) is 6.57. The topological polar surface area (TPSA) is 3.24 Å². The van der Waals surface area contributed by atoms with Crippen molar-refractivity contribution < 1.29 is 13.2 Å². The van der Waals surface area contributed by atoms with E-state index in [4.69, 9.17) is 11.6 Å². The zero-order chi connectivity index (χ0) is 13.8. The first-order valence-corrected chi connectivity index (χ1v) is 7.29. The fourth-order valence-electron chi connectivity index (χ4n) is 1.54. The lowest BCUT2D eigenvalue weighted by Crippen LogP contribution is -2.21. The maximum absolute atomic E-state index is 12.8. The number of nitrogens with zero attached hydrogens (tertiary/aromatic N) is 1. The first kappa shape index (κ1) is 15.5. The average molecular weight is 298 g/mol. The summed E-state index contributed by atoms with van der Waals surface area (Å²) in [5.41, 5.74) is 0.0300. The third-order valence-electron chi connectivity index (χ3n) is 2.61. The van der Waals surface area contributed by atoms with E-state index in [0.29, 0.717) is 12.2 Å². The SMILES string of the molecule is CSCCN(C)c1ccc(CCl)c(C(F)(F)F)c1. The lowest BCUT2D eigenvalue weighted by molar-refractivity contribution is -0.138. The van der Waals surface area contributed by atoms with Crippen LogP contribution < -0.4 is 4.90 Å². The lowest BCUT2D eigenvalue weighted by Gasteiger charge is -2.21. The molecule has 0 heterocycles. The molecule has 0 aliphatic carbocycles. The highest BCUT2D eigenvalue weighted by atomic mass is 35.5. The smallest absolute Gasteiger partial charge is 0.374 e. The molecule has 18 heavy (non-hydrogen) atoms. The summed E-state index contributed by atoms with van der Waals surface area (Å²) in [7, 11) is 1.78. The Morgan fingerprint density at radius 3 is 2.50 bits per heavy atom. The van der Waals surface area contributed by atoms with Gasteiger partial charge in [-0.2, -0.15) is 24.9 Å². The van der Waals surface area contributed by atoms with Crippen molar-refractivity contribution >= 4 is 29.1 Å². The highest BCUT2D eigenvalue weighted by Crippen LogP contribution is 2.35. The van der Waals surface area contributed by atoms with Crippen molar-refractivity contribution in [3.63, 3.8) is 0 Å². The quantitative estimate of drug-likeness (QED) is 0.748. The number of hydrogen-bond acceptors (Lipinski definition) is 2. The van der Waals surface area contributed by atoms with Crippen molar-refractivity contribution in [2.75, 3.05) is 30.5 Å². The first-order chi connectivity index (χ1) is 8.40. The lowest BCUT2D eigenvalue weighted by atomic mass is 10.1. The Kier molecular flexibility index (Phi) is 5.66. The predicted octanol–water partition coefficient (Wildman–Crippen LogP) is 4.24. The zero-order valence-electron chi connectivity index (χ0n) is 10.2.